The number of halogens is 4. The predicted molar refractivity (Wildman–Crippen MR) is 109 cm³/mol. The van der Waals surface area contributed by atoms with Gasteiger partial charge in [0.15, 0.2) is 0 Å². The summed E-state index contributed by atoms with van der Waals surface area (Å²) in [5, 5.41) is 13.4. The smallest absolute Gasteiger partial charge is 0.416 e. The molecule has 0 radical (unpaired) electrons. The number of benzene rings is 1. The van der Waals surface area contributed by atoms with Gasteiger partial charge in [-0.25, -0.2) is 0 Å². The molecule has 2 heterocycles. The van der Waals surface area contributed by atoms with Gasteiger partial charge >= 0.3 is 6.18 Å². The molecular formula is C20H16ClF3N4O4. The van der Waals surface area contributed by atoms with Gasteiger partial charge in [-0.2, -0.15) is 18.2 Å². The van der Waals surface area contributed by atoms with Crippen molar-refractivity contribution in [2.75, 3.05) is 13.2 Å². The molecular weight excluding hydrogens is 453 g/mol. The van der Waals surface area contributed by atoms with Gasteiger partial charge in [-0.1, -0.05) is 11.6 Å². The number of hydrogen-bond donors (Lipinski definition) is 1. The minimum absolute atomic E-state index is 0.0254. The highest BCUT2D eigenvalue weighted by atomic mass is 35.5. The van der Waals surface area contributed by atoms with Crippen molar-refractivity contribution in [3.63, 3.8) is 0 Å². The fourth-order valence-electron chi connectivity index (χ4n) is 2.70. The lowest BCUT2D eigenvalue weighted by molar-refractivity contribution is -0.384. The van der Waals surface area contributed by atoms with Crippen molar-refractivity contribution in [2.45, 2.75) is 12.6 Å². The van der Waals surface area contributed by atoms with Gasteiger partial charge in [0.05, 0.1) is 27.7 Å². The SMILES string of the molecule is O=C(NCCCOc1cc(C(F)(F)F)cc(-n2cccc2)n1)c1cc([N+](=O)[O-])ccc1Cl. The molecule has 0 aliphatic rings. The standard InChI is InChI=1S/C20H16ClF3N4O4/c21-16-5-4-14(28(30)31)12-15(16)19(29)25-6-3-9-32-18-11-13(20(22,23)24)10-17(26-18)27-7-1-2-8-27/h1-2,4-5,7-8,10-12H,3,6,9H2,(H,25,29). The van der Waals surface area contributed by atoms with Gasteiger partial charge < -0.3 is 14.6 Å². The molecule has 0 atom stereocenters. The zero-order valence-electron chi connectivity index (χ0n) is 16.3. The molecule has 0 fully saturated rings. The number of carbonyl (C=O) groups excluding carboxylic acids is 1. The molecule has 168 valence electrons. The fourth-order valence-corrected chi connectivity index (χ4v) is 2.90. The first-order valence-corrected chi connectivity index (χ1v) is 9.60. The van der Waals surface area contributed by atoms with Crippen LogP contribution in [0.15, 0.2) is 54.9 Å². The van der Waals surface area contributed by atoms with E-state index in [4.69, 9.17) is 16.3 Å². The zero-order valence-corrected chi connectivity index (χ0v) is 17.1. The topological polar surface area (TPSA) is 99.3 Å². The first-order chi connectivity index (χ1) is 15.1. The van der Waals surface area contributed by atoms with E-state index >= 15 is 0 Å². The molecule has 32 heavy (non-hydrogen) atoms. The van der Waals surface area contributed by atoms with Crippen LogP contribution < -0.4 is 10.1 Å². The monoisotopic (exact) mass is 468 g/mol. The number of carbonyl (C=O) groups is 1. The molecule has 0 spiro atoms. The third-order valence-electron chi connectivity index (χ3n) is 4.25. The van der Waals surface area contributed by atoms with Gasteiger partial charge in [-0.15, -0.1) is 0 Å². The second kappa shape index (κ2) is 9.69. The molecule has 0 unspecified atom stereocenters. The minimum atomic E-state index is -4.57. The van der Waals surface area contributed by atoms with E-state index in [0.29, 0.717) is 0 Å². The molecule has 12 heteroatoms. The van der Waals surface area contributed by atoms with Crippen LogP contribution in [0, 0.1) is 10.1 Å². The van der Waals surface area contributed by atoms with E-state index in [0.717, 1.165) is 18.2 Å². The number of hydrogen-bond acceptors (Lipinski definition) is 5. The molecule has 0 aliphatic carbocycles. The molecule has 0 bridgehead atoms. The Balaban J connectivity index is 1.59. The summed E-state index contributed by atoms with van der Waals surface area (Å²) in [4.78, 5) is 26.5. The molecule has 3 rings (SSSR count). The number of nitro groups is 1. The molecule has 1 N–H and O–H groups in total. The predicted octanol–water partition coefficient (Wildman–Crippen LogP) is 4.65. The van der Waals surface area contributed by atoms with Gasteiger partial charge in [0.2, 0.25) is 5.88 Å². The van der Waals surface area contributed by atoms with Gasteiger partial charge in [0.1, 0.15) is 5.82 Å². The Hall–Kier alpha value is -3.60. The molecule has 2 aromatic heterocycles. The van der Waals surface area contributed by atoms with Crippen LogP contribution in [-0.4, -0.2) is 33.5 Å². The number of amides is 1. The van der Waals surface area contributed by atoms with E-state index in [9.17, 15) is 28.1 Å². The van der Waals surface area contributed by atoms with E-state index < -0.39 is 22.6 Å². The third kappa shape index (κ3) is 5.76. The summed E-state index contributed by atoms with van der Waals surface area (Å²) < 4.78 is 46.4. The van der Waals surface area contributed by atoms with Crippen LogP contribution in [0.3, 0.4) is 0 Å². The van der Waals surface area contributed by atoms with E-state index in [-0.39, 0.29) is 47.5 Å². The van der Waals surface area contributed by atoms with Crippen LogP contribution in [0.25, 0.3) is 5.82 Å². The van der Waals surface area contributed by atoms with E-state index in [2.05, 4.69) is 10.3 Å². The molecule has 8 nitrogen and oxygen atoms in total. The maximum absolute atomic E-state index is 13.2. The molecule has 1 aromatic carbocycles. The van der Waals surface area contributed by atoms with Crippen LogP contribution in [0.5, 0.6) is 5.88 Å². The summed E-state index contributed by atoms with van der Waals surface area (Å²) in [5.74, 6) is -0.782. The Morgan fingerprint density at radius 3 is 2.59 bits per heavy atom. The Morgan fingerprint density at radius 2 is 1.94 bits per heavy atom. The molecule has 1 amide bonds. The van der Waals surface area contributed by atoms with Crippen molar-refractivity contribution in [1.82, 2.24) is 14.9 Å². The third-order valence-corrected chi connectivity index (χ3v) is 4.58. The Labute approximate surface area is 184 Å². The minimum Gasteiger partial charge on any atom is -0.478 e. The average molecular weight is 469 g/mol. The van der Waals surface area contributed by atoms with Gasteiger partial charge in [-0.05, 0) is 30.7 Å². The largest absolute Gasteiger partial charge is 0.478 e. The second-order valence-corrected chi connectivity index (χ2v) is 6.93. The maximum atomic E-state index is 13.2. The molecule has 3 aromatic rings. The first-order valence-electron chi connectivity index (χ1n) is 9.23. The number of nitrogens with one attached hydrogen (secondary N) is 1. The van der Waals surface area contributed by atoms with Crippen molar-refractivity contribution >= 4 is 23.2 Å². The highest BCUT2D eigenvalue weighted by Crippen LogP contribution is 2.32. The van der Waals surface area contributed by atoms with Gasteiger partial charge in [0, 0.05) is 37.1 Å². The van der Waals surface area contributed by atoms with Crippen molar-refractivity contribution < 1.29 is 27.6 Å². The van der Waals surface area contributed by atoms with E-state index in [1.54, 1.807) is 24.5 Å². The number of pyridine rings is 1. The van der Waals surface area contributed by atoms with Crippen LogP contribution in [-0.2, 0) is 6.18 Å². The summed E-state index contributed by atoms with van der Waals surface area (Å²) in [6.07, 6.45) is -1.22. The Kier molecular flexibility index (Phi) is 6.98. The van der Waals surface area contributed by atoms with Crippen LogP contribution >= 0.6 is 11.6 Å². The molecule has 0 saturated carbocycles. The number of ether oxygens (including phenoxy) is 1. The Bertz CT molecular complexity index is 1120. The normalized spacial score (nSPS) is 11.2. The lowest BCUT2D eigenvalue weighted by atomic mass is 10.2. The maximum Gasteiger partial charge on any atom is 0.416 e. The lowest BCUT2D eigenvalue weighted by Crippen LogP contribution is -2.26. The van der Waals surface area contributed by atoms with Crippen molar-refractivity contribution in [1.29, 1.82) is 0 Å². The highest BCUT2D eigenvalue weighted by Gasteiger charge is 2.32. The van der Waals surface area contributed by atoms with E-state index in [1.807, 2.05) is 0 Å². The number of alkyl halides is 3. The molecule has 0 aliphatic heterocycles. The number of nitro benzene ring substituents is 1. The fraction of sp³-hybridized carbons (Fsp3) is 0.200. The van der Waals surface area contributed by atoms with Crippen molar-refractivity contribution in [3.05, 3.63) is 81.1 Å². The lowest BCUT2D eigenvalue weighted by Gasteiger charge is -2.13. The van der Waals surface area contributed by atoms with Crippen LogP contribution in [0.1, 0.15) is 22.3 Å². The zero-order chi connectivity index (χ0) is 23.3. The number of nitrogens with zero attached hydrogens (tertiary/aromatic N) is 3. The van der Waals surface area contributed by atoms with Gasteiger partial charge in [0.25, 0.3) is 11.6 Å². The average Bonchev–Trinajstić information content (AvgIpc) is 3.27. The number of aromatic nitrogens is 2. The Morgan fingerprint density at radius 1 is 1.22 bits per heavy atom. The summed E-state index contributed by atoms with van der Waals surface area (Å²) in [6, 6.07) is 8.50. The number of rotatable bonds is 8. The number of non-ortho nitro benzene ring substituents is 1. The molecule has 0 saturated heterocycles. The summed E-state index contributed by atoms with van der Waals surface area (Å²) in [6.45, 7) is 0.0731. The van der Waals surface area contributed by atoms with Crippen LogP contribution in [0.4, 0.5) is 18.9 Å². The van der Waals surface area contributed by atoms with Crippen LogP contribution in [0.2, 0.25) is 5.02 Å². The van der Waals surface area contributed by atoms with Gasteiger partial charge in [-0.3, -0.25) is 14.9 Å². The first kappa shape index (κ1) is 23.1. The quantitative estimate of drug-likeness (QED) is 0.295. The summed E-state index contributed by atoms with van der Waals surface area (Å²) >= 11 is 5.91. The summed E-state index contributed by atoms with van der Waals surface area (Å²) in [5.41, 5.74) is -1.24. The van der Waals surface area contributed by atoms with Crippen molar-refractivity contribution in [3.8, 4) is 11.7 Å². The highest BCUT2D eigenvalue weighted by molar-refractivity contribution is 6.33. The second-order valence-electron chi connectivity index (χ2n) is 6.52. The van der Waals surface area contributed by atoms with E-state index in [1.165, 1.54) is 16.7 Å². The summed E-state index contributed by atoms with van der Waals surface area (Å²) in [7, 11) is 0. The van der Waals surface area contributed by atoms with Crippen molar-refractivity contribution in [2.24, 2.45) is 0 Å².